The van der Waals surface area contributed by atoms with E-state index < -0.39 is 0 Å². The van der Waals surface area contributed by atoms with Gasteiger partial charge in [-0.05, 0) is 62.0 Å². The number of hydrogen-bond donors (Lipinski definition) is 0. The van der Waals surface area contributed by atoms with E-state index in [9.17, 15) is 10.1 Å². The molecule has 0 saturated heterocycles. The highest BCUT2D eigenvalue weighted by atomic mass is 32.1. The third kappa shape index (κ3) is 5.37. The zero-order chi connectivity index (χ0) is 22.7. The molecular formula is C25H34N4O2S. The predicted molar refractivity (Wildman–Crippen MR) is 131 cm³/mol. The average Bonchev–Trinajstić information content (AvgIpc) is 3.16. The fourth-order valence-corrected chi connectivity index (χ4v) is 5.76. The molecule has 0 radical (unpaired) electrons. The van der Waals surface area contributed by atoms with E-state index in [0.29, 0.717) is 11.5 Å². The Kier molecular flexibility index (Phi) is 6.93. The summed E-state index contributed by atoms with van der Waals surface area (Å²) in [5.74, 6) is 0.731. The van der Waals surface area contributed by atoms with Crippen molar-refractivity contribution < 1.29 is 4.92 Å². The van der Waals surface area contributed by atoms with Crippen LogP contribution in [0.15, 0.2) is 39.7 Å². The molecule has 0 N–H and O–H groups in total. The van der Waals surface area contributed by atoms with Crippen LogP contribution in [0, 0.1) is 21.4 Å². The van der Waals surface area contributed by atoms with Gasteiger partial charge in [0.25, 0.3) is 5.69 Å². The van der Waals surface area contributed by atoms with Gasteiger partial charge in [-0.2, -0.15) is 5.10 Å². The Morgan fingerprint density at radius 2 is 1.69 bits per heavy atom. The van der Waals surface area contributed by atoms with Crippen molar-refractivity contribution in [2.24, 2.45) is 21.4 Å². The maximum atomic E-state index is 11.1. The number of hydrogen-bond acceptors (Lipinski definition) is 5. The highest BCUT2D eigenvalue weighted by molar-refractivity contribution is 7.07. The summed E-state index contributed by atoms with van der Waals surface area (Å²) < 4.78 is 2.01. The van der Waals surface area contributed by atoms with Crippen LogP contribution in [0.25, 0.3) is 11.3 Å². The maximum Gasteiger partial charge on any atom is 0.269 e. The van der Waals surface area contributed by atoms with Gasteiger partial charge in [0, 0.05) is 28.8 Å². The van der Waals surface area contributed by atoms with E-state index in [2.05, 4.69) is 26.2 Å². The van der Waals surface area contributed by atoms with Crippen molar-refractivity contribution in [2.75, 3.05) is 0 Å². The second-order valence-corrected chi connectivity index (χ2v) is 11.1. The topological polar surface area (TPSA) is 72.8 Å². The number of thiazole rings is 1. The standard InChI is InChI=1S/C25H34N4O2S/c1-25(2,3)19-11-13-21(14-12-19)27-28-23(18-9-15-22(16-10-18)29(30)31)17-32-24(28)26-20-7-5-4-6-8-20/h9-10,15-17,19-20H,4-8,11-14H2,1-3H3. The molecule has 2 aromatic rings. The van der Waals surface area contributed by atoms with Crippen LogP contribution in [-0.4, -0.2) is 21.4 Å². The van der Waals surface area contributed by atoms with E-state index in [-0.39, 0.29) is 10.6 Å². The monoisotopic (exact) mass is 454 g/mol. The first-order valence-electron chi connectivity index (χ1n) is 11.9. The summed E-state index contributed by atoms with van der Waals surface area (Å²) >= 11 is 1.62. The number of nitro benzene ring substituents is 1. The third-order valence-electron chi connectivity index (χ3n) is 6.96. The molecule has 0 unspecified atom stereocenters. The Morgan fingerprint density at radius 3 is 2.28 bits per heavy atom. The molecule has 2 aliphatic carbocycles. The molecule has 172 valence electrons. The Morgan fingerprint density at radius 1 is 1.03 bits per heavy atom. The Labute approximate surface area is 194 Å². The molecule has 32 heavy (non-hydrogen) atoms. The molecule has 0 spiro atoms. The Balaban J connectivity index is 1.68. The van der Waals surface area contributed by atoms with E-state index in [0.717, 1.165) is 47.7 Å². The number of benzene rings is 1. The van der Waals surface area contributed by atoms with Crippen LogP contribution in [0.2, 0.25) is 0 Å². The molecule has 7 heteroatoms. The molecule has 0 amide bonds. The van der Waals surface area contributed by atoms with E-state index in [1.807, 2.05) is 16.8 Å². The number of rotatable bonds is 4. The van der Waals surface area contributed by atoms with Crippen LogP contribution in [-0.2, 0) is 0 Å². The van der Waals surface area contributed by atoms with Crippen molar-refractivity contribution in [1.29, 1.82) is 0 Å². The van der Waals surface area contributed by atoms with Crippen LogP contribution in [0.5, 0.6) is 0 Å². The van der Waals surface area contributed by atoms with Crippen LogP contribution in [0.3, 0.4) is 0 Å². The largest absolute Gasteiger partial charge is 0.269 e. The molecule has 1 heterocycles. The molecule has 1 aromatic carbocycles. The molecule has 1 aromatic heterocycles. The normalized spacial score (nSPS) is 21.0. The lowest BCUT2D eigenvalue weighted by molar-refractivity contribution is -0.384. The van der Waals surface area contributed by atoms with Crippen LogP contribution < -0.4 is 4.80 Å². The fourth-order valence-electron chi connectivity index (χ4n) is 4.86. The number of non-ortho nitro benzene ring substituents is 1. The molecular weight excluding hydrogens is 420 g/mol. The summed E-state index contributed by atoms with van der Waals surface area (Å²) in [6.07, 6.45) is 10.5. The number of nitro groups is 1. The van der Waals surface area contributed by atoms with Crippen LogP contribution >= 0.6 is 11.3 Å². The smallest absolute Gasteiger partial charge is 0.258 e. The average molecular weight is 455 g/mol. The summed E-state index contributed by atoms with van der Waals surface area (Å²) in [4.78, 5) is 16.7. The van der Waals surface area contributed by atoms with Gasteiger partial charge in [-0.3, -0.25) is 15.1 Å². The minimum atomic E-state index is -0.358. The summed E-state index contributed by atoms with van der Waals surface area (Å²) in [5, 5.41) is 18.3. The Hall–Kier alpha value is -2.28. The molecule has 2 saturated carbocycles. The summed E-state index contributed by atoms with van der Waals surface area (Å²) in [7, 11) is 0. The first-order chi connectivity index (χ1) is 15.3. The van der Waals surface area contributed by atoms with E-state index >= 15 is 0 Å². The highest BCUT2D eigenvalue weighted by Crippen LogP contribution is 2.37. The lowest BCUT2D eigenvalue weighted by Crippen LogP contribution is -2.27. The molecule has 0 bridgehead atoms. The maximum absolute atomic E-state index is 11.1. The van der Waals surface area contributed by atoms with Gasteiger partial charge in [0.1, 0.15) is 0 Å². The van der Waals surface area contributed by atoms with Gasteiger partial charge in [0.05, 0.1) is 16.7 Å². The SMILES string of the molecule is CC(C)(C)C1CCC(=Nn2c(-c3ccc([N+](=O)[O-])cc3)csc2=NC2CCCCC2)CC1. The van der Waals surface area contributed by atoms with Crippen molar-refractivity contribution in [3.63, 3.8) is 0 Å². The van der Waals surface area contributed by atoms with E-state index in [4.69, 9.17) is 10.1 Å². The lowest BCUT2D eigenvalue weighted by atomic mass is 9.72. The van der Waals surface area contributed by atoms with Crippen molar-refractivity contribution in [3.05, 3.63) is 44.6 Å². The molecule has 0 atom stereocenters. The predicted octanol–water partition coefficient (Wildman–Crippen LogP) is 6.80. The minimum absolute atomic E-state index is 0.106. The molecule has 2 aliphatic rings. The van der Waals surface area contributed by atoms with Crippen molar-refractivity contribution >= 4 is 22.7 Å². The van der Waals surface area contributed by atoms with Gasteiger partial charge in [-0.25, -0.2) is 4.68 Å². The summed E-state index contributed by atoms with van der Waals surface area (Å²) in [5.41, 5.74) is 3.58. The van der Waals surface area contributed by atoms with Gasteiger partial charge < -0.3 is 0 Å². The first-order valence-corrected chi connectivity index (χ1v) is 12.7. The summed E-state index contributed by atoms with van der Waals surface area (Å²) in [6.45, 7) is 7.00. The molecule has 2 fully saturated rings. The number of nitrogens with zero attached hydrogens (tertiary/aromatic N) is 4. The second-order valence-electron chi connectivity index (χ2n) is 10.2. The first kappa shape index (κ1) is 22.9. The van der Waals surface area contributed by atoms with Gasteiger partial charge in [-0.1, -0.05) is 40.0 Å². The van der Waals surface area contributed by atoms with Crippen molar-refractivity contribution in [3.8, 4) is 11.3 Å². The second kappa shape index (κ2) is 9.69. The number of aromatic nitrogens is 1. The van der Waals surface area contributed by atoms with Gasteiger partial charge in [-0.15, -0.1) is 11.3 Å². The summed E-state index contributed by atoms with van der Waals surface area (Å²) in [6, 6.07) is 7.14. The van der Waals surface area contributed by atoms with Crippen molar-refractivity contribution in [1.82, 2.24) is 4.68 Å². The van der Waals surface area contributed by atoms with E-state index in [1.165, 1.54) is 37.8 Å². The highest BCUT2D eigenvalue weighted by Gasteiger charge is 2.28. The van der Waals surface area contributed by atoms with Crippen LogP contribution in [0.1, 0.15) is 78.6 Å². The lowest BCUT2D eigenvalue weighted by Gasteiger charge is -2.34. The zero-order valence-electron chi connectivity index (χ0n) is 19.4. The zero-order valence-corrected chi connectivity index (χ0v) is 20.2. The Bertz CT molecular complexity index is 1030. The minimum Gasteiger partial charge on any atom is -0.258 e. The van der Waals surface area contributed by atoms with Gasteiger partial charge in [0.15, 0.2) is 0 Å². The van der Waals surface area contributed by atoms with Gasteiger partial charge >= 0.3 is 0 Å². The fraction of sp³-hybridized carbons (Fsp3) is 0.600. The van der Waals surface area contributed by atoms with Crippen LogP contribution in [0.4, 0.5) is 5.69 Å². The molecule has 0 aliphatic heterocycles. The van der Waals surface area contributed by atoms with Gasteiger partial charge in [0.2, 0.25) is 4.80 Å². The van der Waals surface area contributed by atoms with Crippen molar-refractivity contribution in [2.45, 2.75) is 84.6 Å². The molecule has 6 nitrogen and oxygen atoms in total. The van der Waals surface area contributed by atoms with E-state index in [1.54, 1.807) is 23.5 Å². The third-order valence-corrected chi connectivity index (χ3v) is 7.79. The molecule has 4 rings (SSSR count). The quantitative estimate of drug-likeness (QED) is 0.376.